The molecule has 1 saturated heterocycles. The lowest BCUT2D eigenvalue weighted by Crippen LogP contribution is -2.26. The molecule has 5 heteroatoms. The van der Waals surface area contributed by atoms with Gasteiger partial charge in [0.15, 0.2) is 0 Å². The average Bonchev–Trinajstić information content (AvgIpc) is 3.36. The minimum absolute atomic E-state index is 0.234. The summed E-state index contributed by atoms with van der Waals surface area (Å²) in [5.74, 6) is 2.34. The van der Waals surface area contributed by atoms with Crippen LogP contribution in [0.25, 0.3) is 0 Å². The Bertz CT molecular complexity index is 926. The molecular formula is C27H34N2O3. The van der Waals surface area contributed by atoms with Gasteiger partial charge in [-0.1, -0.05) is 31.2 Å². The molecule has 170 valence electrons. The third-order valence-corrected chi connectivity index (χ3v) is 6.31. The van der Waals surface area contributed by atoms with Gasteiger partial charge < -0.3 is 14.7 Å². The van der Waals surface area contributed by atoms with E-state index in [1.807, 2.05) is 29.2 Å². The number of hydrogen-bond donors (Lipinski definition) is 1. The van der Waals surface area contributed by atoms with E-state index >= 15 is 0 Å². The predicted octanol–water partition coefficient (Wildman–Crippen LogP) is 4.90. The van der Waals surface area contributed by atoms with E-state index in [4.69, 9.17) is 9.84 Å². The Hall–Kier alpha value is -2.79. The van der Waals surface area contributed by atoms with E-state index in [1.165, 1.54) is 24.0 Å². The average molecular weight is 435 g/mol. The number of nitrogens with zero attached hydrogens (tertiary/aromatic N) is 2. The number of hydrogen-bond acceptors (Lipinski definition) is 4. The normalized spacial score (nSPS) is 18.0. The first-order valence-corrected chi connectivity index (χ1v) is 11.9. The van der Waals surface area contributed by atoms with Gasteiger partial charge in [-0.05, 0) is 73.1 Å². The van der Waals surface area contributed by atoms with Crippen LogP contribution in [0.1, 0.15) is 49.7 Å². The Labute approximate surface area is 191 Å². The van der Waals surface area contributed by atoms with Crippen LogP contribution in [0.5, 0.6) is 11.5 Å². The minimum Gasteiger partial charge on any atom is -0.508 e. The fourth-order valence-corrected chi connectivity index (χ4v) is 4.22. The lowest BCUT2D eigenvalue weighted by atomic mass is 10.1. The molecule has 2 fully saturated rings. The second kappa shape index (κ2) is 10.7. The van der Waals surface area contributed by atoms with Crippen LogP contribution in [0, 0.1) is 0 Å². The lowest BCUT2D eigenvalue weighted by molar-refractivity contribution is -0.117. The second-order valence-corrected chi connectivity index (χ2v) is 8.74. The highest BCUT2D eigenvalue weighted by Gasteiger charge is 2.23. The van der Waals surface area contributed by atoms with Crippen LogP contribution in [0.4, 0.5) is 5.69 Å². The van der Waals surface area contributed by atoms with Crippen molar-refractivity contribution in [2.75, 3.05) is 37.7 Å². The molecule has 2 aromatic carbocycles. The highest BCUT2D eigenvalue weighted by Crippen LogP contribution is 2.40. The standard InChI is InChI=1S/C18H24N2O2.C9H10O/c1-2-15-14-16(20-11-5-6-18(20)21)7-8-17(15)22-13-12-19-9-3-4-10-19;10-9-5-3-8(4-6-9)7-1-2-7/h3-4,7-8,14H,2,5-6,9-13H2,1H3;3-7,10H,1-2H2. The number of anilines is 1. The van der Waals surface area contributed by atoms with Crippen LogP contribution in [-0.2, 0) is 11.2 Å². The van der Waals surface area contributed by atoms with Gasteiger partial charge in [-0.2, -0.15) is 0 Å². The summed E-state index contributed by atoms with van der Waals surface area (Å²) in [5, 5.41) is 8.96. The van der Waals surface area contributed by atoms with Gasteiger partial charge in [-0.3, -0.25) is 9.69 Å². The van der Waals surface area contributed by atoms with E-state index in [0.717, 1.165) is 56.4 Å². The number of benzene rings is 2. The summed E-state index contributed by atoms with van der Waals surface area (Å²) in [6.45, 7) is 6.67. The first-order valence-electron chi connectivity index (χ1n) is 11.9. The predicted molar refractivity (Wildman–Crippen MR) is 129 cm³/mol. The van der Waals surface area contributed by atoms with E-state index in [9.17, 15) is 4.79 Å². The number of phenolic OH excluding ortho intramolecular Hbond substituents is 1. The SMILES string of the molecule is CCc1cc(N2CCCC2=O)ccc1OCCN1CC=CC1.Oc1ccc(C2CC2)cc1. The molecule has 0 radical (unpaired) electrons. The Morgan fingerprint density at radius 2 is 1.81 bits per heavy atom. The molecule has 5 rings (SSSR count). The molecule has 1 aliphatic carbocycles. The molecule has 0 unspecified atom stereocenters. The van der Waals surface area contributed by atoms with Crippen LogP contribution in [0.15, 0.2) is 54.6 Å². The molecular weight excluding hydrogens is 400 g/mol. The molecule has 5 nitrogen and oxygen atoms in total. The molecule has 2 heterocycles. The highest BCUT2D eigenvalue weighted by atomic mass is 16.5. The number of phenols is 1. The first-order chi connectivity index (χ1) is 15.6. The summed E-state index contributed by atoms with van der Waals surface area (Å²) >= 11 is 0. The maximum Gasteiger partial charge on any atom is 0.227 e. The molecule has 3 aliphatic rings. The summed E-state index contributed by atoms with van der Waals surface area (Å²) in [4.78, 5) is 16.1. The zero-order valence-corrected chi connectivity index (χ0v) is 19.0. The Kier molecular flexibility index (Phi) is 7.48. The summed E-state index contributed by atoms with van der Waals surface area (Å²) in [5.41, 5.74) is 3.56. The van der Waals surface area contributed by atoms with Crippen molar-refractivity contribution in [1.29, 1.82) is 0 Å². The quantitative estimate of drug-likeness (QED) is 0.630. The van der Waals surface area contributed by atoms with Crippen molar-refractivity contribution >= 4 is 11.6 Å². The fourth-order valence-electron chi connectivity index (χ4n) is 4.22. The van der Waals surface area contributed by atoms with Gasteiger partial charge in [0.25, 0.3) is 0 Å². The Balaban J connectivity index is 0.000000203. The number of rotatable bonds is 7. The van der Waals surface area contributed by atoms with E-state index in [2.05, 4.69) is 30.0 Å². The summed E-state index contributed by atoms with van der Waals surface area (Å²) in [6, 6.07) is 13.7. The molecule has 1 saturated carbocycles. The Morgan fingerprint density at radius 3 is 2.44 bits per heavy atom. The minimum atomic E-state index is 0.234. The smallest absolute Gasteiger partial charge is 0.227 e. The Morgan fingerprint density at radius 1 is 1.06 bits per heavy atom. The summed E-state index contributed by atoms with van der Waals surface area (Å²) < 4.78 is 5.96. The van der Waals surface area contributed by atoms with Crippen molar-refractivity contribution in [1.82, 2.24) is 4.90 Å². The molecule has 32 heavy (non-hydrogen) atoms. The van der Waals surface area contributed by atoms with Crippen molar-refractivity contribution in [3.05, 3.63) is 65.7 Å². The molecule has 1 N–H and O–H groups in total. The second-order valence-electron chi connectivity index (χ2n) is 8.74. The molecule has 0 aromatic heterocycles. The third-order valence-electron chi connectivity index (χ3n) is 6.31. The van der Waals surface area contributed by atoms with Crippen molar-refractivity contribution < 1.29 is 14.6 Å². The van der Waals surface area contributed by atoms with Gasteiger partial charge in [0.2, 0.25) is 5.91 Å². The zero-order valence-electron chi connectivity index (χ0n) is 19.0. The number of aromatic hydroxyl groups is 1. The molecule has 0 atom stereocenters. The zero-order chi connectivity index (χ0) is 22.3. The van der Waals surface area contributed by atoms with Crippen molar-refractivity contribution in [3.63, 3.8) is 0 Å². The number of amides is 1. The molecule has 2 aliphatic heterocycles. The van der Waals surface area contributed by atoms with Crippen molar-refractivity contribution in [3.8, 4) is 11.5 Å². The molecule has 0 spiro atoms. The number of aryl methyl sites for hydroxylation is 1. The van der Waals surface area contributed by atoms with E-state index in [1.54, 1.807) is 12.1 Å². The first kappa shape index (κ1) is 22.4. The maximum absolute atomic E-state index is 11.9. The van der Waals surface area contributed by atoms with Crippen LogP contribution in [-0.4, -0.2) is 48.7 Å². The van der Waals surface area contributed by atoms with E-state index in [-0.39, 0.29) is 5.91 Å². The summed E-state index contributed by atoms with van der Waals surface area (Å²) in [7, 11) is 0. The highest BCUT2D eigenvalue weighted by molar-refractivity contribution is 5.95. The van der Waals surface area contributed by atoms with Gasteiger partial charge in [0.1, 0.15) is 18.1 Å². The van der Waals surface area contributed by atoms with Crippen LogP contribution in [0.2, 0.25) is 0 Å². The number of carbonyl (C=O) groups is 1. The number of carbonyl (C=O) groups excluding carboxylic acids is 1. The van der Waals surface area contributed by atoms with Gasteiger partial charge in [0.05, 0.1) is 0 Å². The topological polar surface area (TPSA) is 53.0 Å². The third kappa shape index (κ3) is 5.92. The van der Waals surface area contributed by atoms with Crippen LogP contribution >= 0.6 is 0 Å². The summed E-state index contributed by atoms with van der Waals surface area (Å²) in [6.07, 6.45) is 9.58. The van der Waals surface area contributed by atoms with Gasteiger partial charge in [0, 0.05) is 38.3 Å². The van der Waals surface area contributed by atoms with Crippen molar-refractivity contribution in [2.45, 2.75) is 44.9 Å². The van der Waals surface area contributed by atoms with Gasteiger partial charge >= 0.3 is 0 Å². The van der Waals surface area contributed by atoms with Crippen LogP contribution < -0.4 is 9.64 Å². The number of ether oxygens (including phenoxy) is 1. The van der Waals surface area contributed by atoms with E-state index in [0.29, 0.717) is 18.8 Å². The van der Waals surface area contributed by atoms with Crippen molar-refractivity contribution in [2.24, 2.45) is 0 Å². The largest absolute Gasteiger partial charge is 0.508 e. The van der Waals surface area contributed by atoms with Crippen LogP contribution in [0.3, 0.4) is 0 Å². The molecule has 2 aromatic rings. The fraction of sp³-hybridized carbons (Fsp3) is 0.444. The maximum atomic E-state index is 11.9. The van der Waals surface area contributed by atoms with Gasteiger partial charge in [-0.15, -0.1) is 0 Å². The molecule has 1 amide bonds. The lowest BCUT2D eigenvalue weighted by Gasteiger charge is -2.19. The molecule has 0 bridgehead atoms. The van der Waals surface area contributed by atoms with Gasteiger partial charge in [-0.25, -0.2) is 0 Å². The monoisotopic (exact) mass is 434 g/mol. The van der Waals surface area contributed by atoms with E-state index < -0.39 is 0 Å².